The predicted molar refractivity (Wildman–Crippen MR) is 44.1 cm³/mol. The zero-order chi connectivity index (χ0) is 8.43. The Morgan fingerprint density at radius 2 is 2.27 bits per heavy atom. The summed E-state index contributed by atoms with van der Waals surface area (Å²) in [7, 11) is 0. The van der Waals surface area contributed by atoms with Gasteiger partial charge in [0.25, 0.3) is 0 Å². The first-order chi connectivity index (χ1) is 5.13. The summed E-state index contributed by atoms with van der Waals surface area (Å²) in [5.74, 6) is 0. The SMILES string of the molecule is CC1C=CCC(C)N1C(N)=O. The van der Waals surface area contributed by atoms with Crippen molar-refractivity contribution in [3.63, 3.8) is 0 Å². The molecule has 2 unspecified atom stereocenters. The van der Waals surface area contributed by atoms with Crippen LogP contribution in [0.3, 0.4) is 0 Å². The Kier molecular flexibility index (Phi) is 2.17. The Morgan fingerprint density at radius 1 is 1.64 bits per heavy atom. The van der Waals surface area contributed by atoms with Crippen LogP contribution in [0.5, 0.6) is 0 Å². The van der Waals surface area contributed by atoms with Crippen LogP contribution in [-0.4, -0.2) is 23.0 Å². The lowest BCUT2D eigenvalue weighted by atomic mass is 10.1. The van der Waals surface area contributed by atoms with Crippen molar-refractivity contribution in [1.29, 1.82) is 0 Å². The topological polar surface area (TPSA) is 46.3 Å². The van der Waals surface area contributed by atoms with Crippen LogP contribution in [-0.2, 0) is 0 Å². The van der Waals surface area contributed by atoms with Crippen molar-refractivity contribution in [3.8, 4) is 0 Å². The summed E-state index contributed by atoms with van der Waals surface area (Å²) in [6, 6.07) is 0.0677. The fraction of sp³-hybridized carbons (Fsp3) is 0.625. The van der Waals surface area contributed by atoms with Crippen LogP contribution in [0.4, 0.5) is 4.79 Å². The second-order valence-electron chi connectivity index (χ2n) is 3.00. The molecule has 11 heavy (non-hydrogen) atoms. The van der Waals surface area contributed by atoms with Crippen LogP contribution in [0.15, 0.2) is 12.2 Å². The van der Waals surface area contributed by atoms with Gasteiger partial charge in [-0.05, 0) is 20.3 Å². The number of amides is 2. The van der Waals surface area contributed by atoms with Gasteiger partial charge in [0.2, 0.25) is 0 Å². The highest BCUT2D eigenvalue weighted by atomic mass is 16.2. The summed E-state index contributed by atoms with van der Waals surface area (Å²) in [5, 5.41) is 0. The number of nitrogens with two attached hydrogens (primary N) is 1. The largest absolute Gasteiger partial charge is 0.351 e. The molecule has 0 aromatic carbocycles. The number of carbonyl (C=O) groups excluding carboxylic acids is 1. The lowest BCUT2D eigenvalue weighted by molar-refractivity contribution is 0.172. The van der Waals surface area contributed by atoms with E-state index >= 15 is 0 Å². The summed E-state index contributed by atoms with van der Waals surface area (Å²) in [6.07, 6.45) is 5.01. The van der Waals surface area contributed by atoms with Gasteiger partial charge in [0.1, 0.15) is 0 Å². The molecule has 3 heteroatoms. The molecule has 1 rings (SSSR count). The number of carbonyl (C=O) groups is 1. The van der Waals surface area contributed by atoms with E-state index in [4.69, 9.17) is 5.73 Å². The van der Waals surface area contributed by atoms with Crippen molar-refractivity contribution in [3.05, 3.63) is 12.2 Å². The van der Waals surface area contributed by atoms with E-state index in [1.165, 1.54) is 0 Å². The van der Waals surface area contributed by atoms with Gasteiger partial charge in [-0.25, -0.2) is 4.79 Å². The van der Waals surface area contributed by atoms with E-state index in [1.54, 1.807) is 4.90 Å². The molecule has 2 N–H and O–H groups in total. The number of primary amides is 1. The van der Waals surface area contributed by atoms with Crippen molar-refractivity contribution in [2.75, 3.05) is 0 Å². The van der Waals surface area contributed by atoms with Crippen LogP contribution in [0, 0.1) is 0 Å². The fourth-order valence-corrected chi connectivity index (χ4v) is 1.50. The molecule has 62 valence electrons. The Balaban J connectivity index is 2.74. The zero-order valence-corrected chi connectivity index (χ0v) is 6.95. The third-order valence-corrected chi connectivity index (χ3v) is 2.06. The molecule has 1 heterocycles. The number of hydrogen-bond donors (Lipinski definition) is 1. The minimum Gasteiger partial charge on any atom is -0.351 e. The lowest BCUT2D eigenvalue weighted by Gasteiger charge is -2.34. The second kappa shape index (κ2) is 2.95. The smallest absolute Gasteiger partial charge is 0.315 e. The van der Waals surface area contributed by atoms with Crippen LogP contribution in [0.25, 0.3) is 0 Å². The molecule has 0 radical (unpaired) electrons. The highest BCUT2D eigenvalue weighted by molar-refractivity contribution is 5.73. The summed E-state index contributed by atoms with van der Waals surface area (Å²) in [4.78, 5) is 12.6. The average Bonchev–Trinajstić information content (AvgIpc) is 1.85. The number of urea groups is 1. The minimum atomic E-state index is -0.325. The third-order valence-electron chi connectivity index (χ3n) is 2.06. The maximum atomic E-state index is 10.9. The van der Waals surface area contributed by atoms with E-state index in [-0.39, 0.29) is 18.1 Å². The maximum Gasteiger partial charge on any atom is 0.315 e. The van der Waals surface area contributed by atoms with E-state index in [1.807, 2.05) is 19.9 Å². The Bertz CT molecular complexity index is 189. The Morgan fingerprint density at radius 3 is 2.64 bits per heavy atom. The van der Waals surface area contributed by atoms with Gasteiger partial charge >= 0.3 is 6.03 Å². The first-order valence-electron chi connectivity index (χ1n) is 3.87. The van der Waals surface area contributed by atoms with E-state index < -0.39 is 0 Å². The molecule has 3 nitrogen and oxygen atoms in total. The molecule has 2 atom stereocenters. The van der Waals surface area contributed by atoms with Gasteiger partial charge in [-0.15, -0.1) is 0 Å². The standard InChI is InChI=1S/C8H14N2O/c1-6-4-3-5-7(2)10(6)8(9)11/h3-4,6-7H,5H2,1-2H3,(H2,9,11). The van der Waals surface area contributed by atoms with Gasteiger partial charge in [0.05, 0.1) is 0 Å². The van der Waals surface area contributed by atoms with Gasteiger partial charge in [-0.3, -0.25) is 0 Å². The van der Waals surface area contributed by atoms with Crippen molar-refractivity contribution in [2.24, 2.45) is 5.73 Å². The van der Waals surface area contributed by atoms with Crippen LogP contribution in [0.2, 0.25) is 0 Å². The second-order valence-corrected chi connectivity index (χ2v) is 3.00. The highest BCUT2D eigenvalue weighted by Crippen LogP contribution is 2.15. The van der Waals surface area contributed by atoms with Gasteiger partial charge in [-0.1, -0.05) is 12.2 Å². The van der Waals surface area contributed by atoms with E-state index in [0.717, 1.165) is 6.42 Å². The molecule has 0 aromatic rings. The molecule has 0 bridgehead atoms. The van der Waals surface area contributed by atoms with Crippen LogP contribution in [0.1, 0.15) is 20.3 Å². The van der Waals surface area contributed by atoms with E-state index in [0.29, 0.717) is 0 Å². The third kappa shape index (κ3) is 1.53. The highest BCUT2D eigenvalue weighted by Gasteiger charge is 2.23. The lowest BCUT2D eigenvalue weighted by Crippen LogP contribution is -2.48. The Labute approximate surface area is 66.9 Å². The molecule has 0 aromatic heterocycles. The molecular weight excluding hydrogens is 140 g/mol. The molecule has 0 aliphatic carbocycles. The number of rotatable bonds is 0. The van der Waals surface area contributed by atoms with Crippen LogP contribution < -0.4 is 5.73 Å². The van der Waals surface area contributed by atoms with Gasteiger partial charge in [0, 0.05) is 12.1 Å². The quantitative estimate of drug-likeness (QED) is 0.522. The predicted octanol–water partition coefficient (Wildman–Crippen LogP) is 1.10. The monoisotopic (exact) mass is 154 g/mol. The summed E-state index contributed by atoms with van der Waals surface area (Å²) < 4.78 is 0. The fourth-order valence-electron chi connectivity index (χ4n) is 1.50. The van der Waals surface area contributed by atoms with E-state index in [9.17, 15) is 4.79 Å². The van der Waals surface area contributed by atoms with E-state index in [2.05, 4.69) is 6.08 Å². The normalized spacial score (nSPS) is 30.5. The molecule has 0 spiro atoms. The first kappa shape index (κ1) is 8.11. The van der Waals surface area contributed by atoms with Gasteiger partial charge in [-0.2, -0.15) is 0 Å². The summed E-state index contributed by atoms with van der Waals surface area (Å²) in [6.45, 7) is 3.97. The Hall–Kier alpha value is -0.990. The molecule has 1 aliphatic rings. The molecule has 0 fully saturated rings. The molecule has 2 amide bonds. The van der Waals surface area contributed by atoms with Crippen LogP contribution >= 0.6 is 0 Å². The summed E-state index contributed by atoms with van der Waals surface area (Å²) in [5.41, 5.74) is 5.20. The summed E-state index contributed by atoms with van der Waals surface area (Å²) >= 11 is 0. The molecule has 0 saturated heterocycles. The number of hydrogen-bond acceptors (Lipinski definition) is 1. The van der Waals surface area contributed by atoms with Gasteiger partial charge < -0.3 is 10.6 Å². The first-order valence-corrected chi connectivity index (χ1v) is 3.87. The van der Waals surface area contributed by atoms with Gasteiger partial charge in [0.15, 0.2) is 0 Å². The molecular formula is C8H14N2O. The number of nitrogens with zero attached hydrogens (tertiary/aromatic N) is 1. The minimum absolute atomic E-state index is 0.149. The molecule has 0 saturated carbocycles. The van der Waals surface area contributed by atoms with Crippen molar-refractivity contribution < 1.29 is 4.79 Å². The van der Waals surface area contributed by atoms with Crippen molar-refractivity contribution >= 4 is 6.03 Å². The van der Waals surface area contributed by atoms with Crippen molar-refractivity contribution in [2.45, 2.75) is 32.4 Å². The maximum absolute atomic E-state index is 10.9. The zero-order valence-electron chi connectivity index (χ0n) is 6.95. The average molecular weight is 154 g/mol. The van der Waals surface area contributed by atoms with Crippen molar-refractivity contribution in [1.82, 2.24) is 4.90 Å². The molecule has 1 aliphatic heterocycles.